The molecular weight excluding hydrogens is 738 g/mol. The average Bonchev–Trinajstić information content (AvgIpc) is 3.19. The maximum absolute atomic E-state index is 12.7. The number of ether oxygens (including phenoxy) is 4. The molecule has 14 nitrogen and oxygen atoms in total. The summed E-state index contributed by atoms with van der Waals surface area (Å²) in [5.41, 5.74) is -0.330. The molecule has 286 valence electrons. The Bertz CT molecular complexity index is 2490. The van der Waals surface area contributed by atoms with Crippen LogP contribution >= 0.6 is 0 Å². The van der Waals surface area contributed by atoms with Gasteiger partial charge < -0.3 is 34.3 Å². The highest BCUT2D eigenvalue weighted by atomic mass is 16.6. The Hall–Kier alpha value is -8.00. The SMILES string of the molecule is CC(C)(c1ccc(Oc2ccc(OC(=O)c3ccc(O)cc3C(=O)O)cc2)cc1)c1ccc(Oc2ccc(OC(=O)c3ccc([N+](=O)[O-])cc3C(=O)O)cc2)cc1. The number of hydrogen-bond donors (Lipinski definition) is 3. The Balaban J connectivity index is 1.04. The molecule has 6 rings (SSSR count). The molecule has 0 aliphatic carbocycles. The molecule has 6 aromatic rings. The van der Waals surface area contributed by atoms with Crippen molar-refractivity contribution >= 4 is 29.6 Å². The van der Waals surface area contributed by atoms with Crippen LogP contribution in [0.1, 0.15) is 66.4 Å². The predicted octanol–water partition coefficient (Wildman–Crippen LogP) is 9.05. The summed E-state index contributed by atoms with van der Waals surface area (Å²) in [6.45, 7) is 4.15. The van der Waals surface area contributed by atoms with Gasteiger partial charge in [0.1, 0.15) is 40.2 Å². The summed E-state index contributed by atoms with van der Waals surface area (Å²) >= 11 is 0. The fourth-order valence-electron chi connectivity index (χ4n) is 5.68. The number of nitro benzene ring substituents is 1. The molecule has 3 N–H and O–H groups in total. The van der Waals surface area contributed by atoms with Crippen LogP contribution < -0.4 is 18.9 Å². The van der Waals surface area contributed by atoms with Gasteiger partial charge in [0, 0.05) is 17.5 Å². The lowest BCUT2D eigenvalue weighted by atomic mass is 9.78. The van der Waals surface area contributed by atoms with E-state index in [1.54, 1.807) is 24.3 Å². The molecule has 0 atom stereocenters. The second-order valence-corrected chi connectivity index (χ2v) is 12.9. The second-order valence-electron chi connectivity index (χ2n) is 12.9. The Kier molecular flexibility index (Phi) is 11.0. The first kappa shape index (κ1) is 38.7. The van der Waals surface area contributed by atoms with Crippen molar-refractivity contribution in [1.82, 2.24) is 0 Å². The van der Waals surface area contributed by atoms with Crippen LogP contribution in [0.15, 0.2) is 133 Å². The van der Waals surface area contributed by atoms with Crippen LogP contribution in [0.25, 0.3) is 0 Å². The highest BCUT2D eigenvalue weighted by Gasteiger charge is 2.25. The van der Waals surface area contributed by atoms with Crippen molar-refractivity contribution in [3.8, 4) is 40.2 Å². The number of carbonyl (C=O) groups is 4. The van der Waals surface area contributed by atoms with E-state index in [0.29, 0.717) is 23.0 Å². The van der Waals surface area contributed by atoms with Gasteiger partial charge in [-0.05, 0) is 108 Å². The van der Waals surface area contributed by atoms with E-state index in [1.807, 2.05) is 48.5 Å². The van der Waals surface area contributed by atoms with E-state index in [9.17, 15) is 44.6 Å². The number of phenols is 1. The number of phenolic OH excluding ortho intramolecular Hbond substituents is 1. The minimum Gasteiger partial charge on any atom is -0.508 e. The van der Waals surface area contributed by atoms with Crippen LogP contribution in [0.2, 0.25) is 0 Å². The number of rotatable bonds is 13. The summed E-state index contributed by atoms with van der Waals surface area (Å²) in [7, 11) is 0. The Morgan fingerprint density at radius 3 is 1.25 bits per heavy atom. The molecule has 0 aliphatic rings. The van der Waals surface area contributed by atoms with E-state index >= 15 is 0 Å². The number of aromatic hydroxyl groups is 1. The fourth-order valence-corrected chi connectivity index (χ4v) is 5.68. The zero-order valence-corrected chi connectivity index (χ0v) is 30.1. The van der Waals surface area contributed by atoms with Gasteiger partial charge in [-0.1, -0.05) is 38.1 Å². The number of hydrogen-bond acceptors (Lipinski definition) is 11. The third-order valence-electron chi connectivity index (χ3n) is 8.81. The number of aromatic carboxylic acids is 2. The van der Waals surface area contributed by atoms with E-state index in [-0.39, 0.29) is 33.9 Å². The van der Waals surface area contributed by atoms with Crippen molar-refractivity contribution in [3.63, 3.8) is 0 Å². The minimum absolute atomic E-state index is 0.109. The molecule has 0 bridgehead atoms. The Labute approximate surface area is 323 Å². The van der Waals surface area contributed by atoms with Crippen molar-refractivity contribution in [2.45, 2.75) is 19.3 Å². The van der Waals surface area contributed by atoms with Gasteiger partial charge in [0.15, 0.2) is 0 Å². The van der Waals surface area contributed by atoms with Crippen molar-refractivity contribution in [3.05, 3.63) is 177 Å². The summed E-state index contributed by atoms with van der Waals surface area (Å²) < 4.78 is 22.6. The summed E-state index contributed by atoms with van der Waals surface area (Å²) in [5, 5.41) is 39.4. The highest BCUT2D eigenvalue weighted by molar-refractivity contribution is 6.04. The summed E-state index contributed by atoms with van der Waals surface area (Å²) in [5.74, 6) is -2.75. The van der Waals surface area contributed by atoms with Gasteiger partial charge in [-0.3, -0.25) is 10.1 Å². The summed E-state index contributed by atoms with van der Waals surface area (Å²) in [6.07, 6.45) is 0. The largest absolute Gasteiger partial charge is 0.508 e. The molecule has 0 saturated carbocycles. The third kappa shape index (κ3) is 9.04. The smallest absolute Gasteiger partial charge is 0.344 e. The average molecular weight is 770 g/mol. The van der Waals surface area contributed by atoms with E-state index in [2.05, 4.69) is 13.8 Å². The standard InChI is InChI=1S/C43H31NO13/c1-43(2,26-5-11-30(12-6-26)55-32-15-19-34(20-16-32)57-42(51)36-22-8-28(45)24-38(36)40(48)49)25-3-9-29(10-4-25)54-31-13-17-33(18-14-31)56-41(50)35-21-7-27(44(52)53)23-37(35)39(46)47/h3-24,45H,1-2H3,(H,46,47)(H,48,49). The van der Waals surface area contributed by atoms with Gasteiger partial charge >= 0.3 is 23.9 Å². The topological polar surface area (TPSA) is 209 Å². The fraction of sp³-hybridized carbons (Fsp3) is 0.0698. The normalized spacial score (nSPS) is 10.9. The number of carboxylic acids is 2. The van der Waals surface area contributed by atoms with Gasteiger partial charge in [0.05, 0.1) is 27.2 Å². The molecule has 0 unspecified atom stereocenters. The molecule has 0 saturated heterocycles. The lowest BCUT2D eigenvalue weighted by Gasteiger charge is -2.26. The number of nitro groups is 1. The van der Waals surface area contributed by atoms with Crippen LogP contribution in [0.4, 0.5) is 5.69 Å². The number of carbonyl (C=O) groups excluding carboxylic acids is 2. The maximum atomic E-state index is 12.7. The molecule has 6 aromatic carbocycles. The van der Waals surface area contributed by atoms with Gasteiger partial charge in [0.25, 0.3) is 5.69 Å². The molecular formula is C43H31NO13. The van der Waals surface area contributed by atoms with E-state index < -0.39 is 45.5 Å². The molecule has 0 radical (unpaired) electrons. The van der Waals surface area contributed by atoms with Gasteiger partial charge in [0.2, 0.25) is 0 Å². The summed E-state index contributed by atoms with van der Waals surface area (Å²) in [6, 6.07) is 33.6. The lowest BCUT2D eigenvalue weighted by molar-refractivity contribution is -0.384. The molecule has 0 fully saturated rings. The van der Waals surface area contributed by atoms with Gasteiger partial charge in [-0.15, -0.1) is 0 Å². The second kappa shape index (κ2) is 16.2. The maximum Gasteiger partial charge on any atom is 0.344 e. The first-order valence-corrected chi connectivity index (χ1v) is 17.0. The quantitative estimate of drug-likeness (QED) is 0.0434. The van der Waals surface area contributed by atoms with Crippen LogP contribution in [0.5, 0.6) is 40.2 Å². The van der Waals surface area contributed by atoms with Crippen molar-refractivity contribution in [1.29, 1.82) is 0 Å². The highest BCUT2D eigenvalue weighted by Crippen LogP contribution is 2.35. The van der Waals surface area contributed by atoms with E-state index in [4.69, 9.17) is 18.9 Å². The zero-order valence-electron chi connectivity index (χ0n) is 30.1. The number of nitrogens with zero attached hydrogens (tertiary/aromatic N) is 1. The predicted molar refractivity (Wildman–Crippen MR) is 203 cm³/mol. The molecule has 0 spiro atoms. The van der Waals surface area contributed by atoms with Crippen molar-refractivity contribution in [2.75, 3.05) is 0 Å². The Morgan fingerprint density at radius 2 is 0.860 bits per heavy atom. The molecule has 0 aromatic heterocycles. The van der Waals surface area contributed by atoms with E-state index in [0.717, 1.165) is 35.4 Å². The molecule has 14 heteroatoms. The number of carboxylic acid groups (broad SMARTS) is 2. The Morgan fingerprint density at radius 1 is 0.509 bits per heavy atom. The number of esters is 2. The van der Waals surface area contributed by atoms with Gasteiger partial charge in [-0.2, -0.15) is 0 Å². The minimum atomic E-state index is -1.51. The van der Waals surface area contributed by atoms with Crippen LogP contribution in [0, 0.1) is 10.1 Å². The first-order valence-electron chi connectivity index (χ1n) is 17.0. The third-order valence-corrected chi connectivity index (χ3v) is 8.81. The molecule has 0 heterocycles. The molecule has 0 aliphatic heterocycles. The van der Waals surface area contributed by atoms with Crippen LogP contribution in [0.3, 0.4) is 0 Å². The van der Waals surface area contributed by atoms with Crippen LogP contribution in [-0.2, 0) is 5.41 Å². The van der Waals surface area contributed by atoms with Gasteiger partial charge in [-0.25, -0.2) is 19.2 Å². The van der Waals surface area contributed by atoms with Crippen LogP contribution in [-0.4, -0.2) is 44.1 Å². The monoisotopic (exact) mass is 769 g/mol. The summed E-state index contributed by atoms with van der Waals surface area (Å²) in [4.78, 5) is 58.6. The van der Waals surface area contributed by atoms with Crippen molar-refractivity contribution in [2.24, 2.45) is 0 Å². The molecule has 0 amide bonds. The number of benzene rings is 6. The van der Waals surface area contributed by atoms with Crippen molar-refractivity contribution < 1.29 is 58.4 Å². The zero-order chi connectivity index (χ0) is 40.9. The first-order chi connectivity index (χ1) is 27.2. The number of non-ortho nitro benzene ring substituents is 1. The molecule has 57 heavy (non-hydrogen) atoms. The van der Waals surface area contributed by atoms with E-state index in [1.165, 1.54) is 36.4 Å². The lowest BCUT2D eigenvalue weighted by Crippen LogP contribution is -2.18.